The minimum atomic E-state index is -4.09. The van der Waals surface area contributed by atoms with E-state index in [9.17, 15) is 22.0 Å². The average molecular weight is 437 g/mol. The fourth-order valence-electron chi connectivity index (χ4n) is 2.50. The Morgan fingerprint density at radius 1 is 0.897 bits per heavy atom. The Morgan fingerprint density at radius 3 is 2.21 bits per heavy atom. The van der Waals surface area contributed by atoms with Crippen LogP contribution in [0, 0.1) is 11.6 Å². The third-order valence-corrected chi connectivity index (χ3v) is 5.68. The molecule has 0 spiro atoms. The molecule has 3 rings (SSSR count). The van der Waals surface area contributed by atoms with E-state index >= 15 is 0 Å². The molecule has 0 atom stereocenters. The van der Waals surface area contributed by atoms with E-state index in [1.165, 1.54) is 24.3 Å². The zero-order valence-corrected chi connectivity index (χ0v) is 16.4. The average Bonchev–Trinajstić information content (AvgIpc) is 2.67. The number of carbonyl (C=O) groups excluding carboxylic acids is 1. The molecule has 2 N–H and O–H groups in total. The molecule has 0 fully saturated rings. The standard InChI is InChI=1S/C20H15ClF2N2O3S/c21-17-4-2-1-3-13(17)11-20(26)24-14-5-7-15(8-6-14)25-29(27,28)16-9-10-18(22)19(23)12-16/h1-10,12,25H,11H2,(H,24,26). The lowest BCUT2D eigenvalue weighted by Crippen LogP contribution is -2.15. The van der Waals surface area contributed by atoms with E-state index in [0.29, 0.717) is 22.3 Å². The van der Waals surface area contributed by atoms with Crippen LogP contribution in [-0.2, 0) is 21.2 Å². The van der Waals surface area contributed by atoms with Crippen LogP contribution < -0.4 is 10.0 Å². The van der Waals surface area contributed by atoms with E-state index in [4.69, 9.17) is 11.6 Å². The van der Waals surface area contributed by atoms with Gasteiger partial charge in [-0.25, -0.2) is 17.2 Å². The minimum absolute atomic E-state index is 0.0875. The maximum atomic E-state index is 13.3. The van der Waals surface area contributed by atoms with Gasteiger partial charge < -0.3 is 5.32 Å². The number of hydrogen-bond acceptors (Lipinski definition) is 3. The fraction of sp³-hybridized carbons (Fsp3) is 0.0500. The SMILES string of the molecule is O=C(Cc1ccccc1Cl)Nc1ccc(NS(=O)(=O)c2ccc(F)c(F)c2)cc1. The summed E-state index contributed by atoms with van der Waals surface area (Å²) >= 11 is 6.03. The molecule has 5 nitrogen and oxygen atoms in total. The normalized spacial score (nSPS) is 11.1. The van der Waals surface area contributed by atoms with Crippen LogP contribution in [-0.4, -0.2) is 14.3 Å². The molecule has 3 aromatic carbocycles. The van der Waals surface area contributed by atoms with Gasteiger partial charge in [0.25, 0.3) is 10.0 Å². The van der Waals surface area contributed by atoms with E-state index in [2.05, 4.69) is 10.0 Å². The van der Waals surface area contributed by atoms with E-state index in [1.807, 2.05) is 0 Å². The van der Waals surface area contributed by atoms with Crippen molar-refractivity contribution in [2.45, 2.75) is 11.3 Å². The summed E-state index contributed by atoms with van der Waals surface area (Å²) in [7, 11) is -4.09. The second kappa shape index (κ2) is 8.59. The quantitative estimate of drug-likeness (QED) is 0.593. The number of amides is 1. The van der Waals surface area contributed by atoms with Gasteiger partial charge in [-0.15, -0.1) is 0 Å². The van der Waals surface area contributed by atoms with Crippen molar-refractivity contribution in [3.63, 3.8) is 0 Å². The number of nitrogens with one attached hydrogen (secondary N) is 2. The third-order valence-electron chi connectivity index (χ3n) is 3.93. The minimum Gasteiger partial charge on any atom is -0.326 e. The largest absolute Gasteiger partial charge is 0.326 e. The Morgan fingerprint density at radius 2 is 1.55 bits per heavy atom. The molecule has 0 heterocycles. The maximum Gasteiger partial charge on any atom is 0.261 e. The van der Waals surface area contributed by atoms with Crippen molar-refractivity contribution in [3.8, 4) is 0 Å². The highest BCUT2D eigenvalue weighted by atomic mass is 35.5. The second-order valence-corrected chi connectivity index (χ2v) is 8.16. The molecule has 0 aliphatic carbocycles. The molecule has 150 valence electrons. The maximum absolute atomic E-state index is 13.3. The Kier molecular flexibility index (Phi) is 6.14. The van der Waals surface area contributed by atoms with Crippen molar-refractivity contribution in [1.29, 1.82) is 0 Å². The molecule has 9 heteroatoms. The molecule has 29 heavy (non-hydrogen) atoms. The Labute approximate surface area is 171 Å². The molecular formula is C20H15ClF2N2O3S. The molecular weight excluding hydrogens is 422 g/mol. The van der Waals surface area contributed by atoms with E-state index in [-0.39, 0.29) is 18.0 Å². The molecule has 3 aromatic rings. The zero-order chi connectivity index (χ0) is 21.0. The van der Waals surface area contributed by atoms with Crippen molar-refractivity contribution >= 4 is 38.9 Å². The first-order valence-electron chi connectivity index (χ1n) is 8.36. The van der Waals surface area contributed by atoms with Crippen molar-refractivity contribution < 1.29 is 22.0 Å². The van der Waals surface area contributed by atoms with Gasteiger partial charge in [-0.05, 0) is 54.1 Å². The highest BCUT2D eigenvalue weighted by Crippen LogP contribution is 2.21. The number of rotatable bonds is 6. The van der Waals surface area contributed by atoms with E-state index < -0.39 is 26.6 Å². The van der Waals surface area contributed by atoms with Gasteiger partial charge in [-0.1, -0.05) is 29.8 Å². The highest BCUT2D eigenvalue weighted by Gasteiger charge is 2.17. The molecule has 0 aliphatic rings. The third kappa shape index (κ3) is 5.30. The van der Waals surface area contributed by atoms with Crippen molar-refractivity contribution in [2.24, 2.45) is 0 Å². The summed E-state index contributed by atoms with van der Waals surface area (Å²) in [5.74, 6) is -2.68. The summed E-state index contributed by atoms with van der Waals surface area (Å²) in [5, 5.41) is 3.18. The Balaban J connectivity index is 1.66. The molecule has 0 saturated heterocycles. The number of hydrogen-bond donors (Lipinski definition) is 2. The summed E-state index contributed by atoms with van der Waals surface area (Å²) < 4.78 is 53.1. The van der Waals surface area contributed by atoms with Gasteiger partial charge in [0.1, 0.15) is 0 Å². The number of benzene rings is 3. The monoisotopic (exact) mass is 436 g/mol. The molecule has 0 aliphatic heterocycles. The van der Waals surface area contributed by atoms with Crippen molar-refractivity contribution in [1.82, 2.24) is 0 Å². The van der Waals surface area contributed by atoms with E-state index in [1.54, 1.807) is 24.3 Å². The Bertz CT molecular complexity index is 1150. The summed E-state index contributed by atoms with van der Waals surface area (Å²) in [6.45, 7) is 0. The van der Waals surface area contributed by atoms with Crippen LogP contribution in [0.5, 0.6) is 0 Å². The summed E-state index contributed by atoms with van der Waals surface area (Å²) in [5.41, 5.74) is 1.33. The Hall–Kier alpha value is -2.97. The molecule has 0 bridgehead atoms. The first kappa shape index (κ1) is 20.8. The van der Waals surface area contributed by atoms with Gasteiger partial charge >= 0.3 is 0 Å². The first-order valence-corrected chi connectivity index (χ1v) is 10.2. The molecule has 1 amide bonds. The predicted molar refractivity (Wildman–Crippen MR) is 107 cm³/mol. The van der Waals surface area contributed by atoms with Gasteiger partial charge in [-0.2, -0.15) is 0 Å². The fourth-order valence-corrected chi connectivity index (χ4v) is 3.77. The van der Waals surface area contributed by atoms with Crippen molar-refractivity contribution in [3.05, 3.63) is 89.0 Å². The zero-order valence-electron chi connectivity index (χ0n) is 14.8. The lowest BCUT2D eigenvalue weighted by atomic mass is 10.1. The number of anilines is 2. The van der Waals surface area contributed by atoms with Gasteiger partial charge in [0, 0.05) is 16.4 Å². The van der Waals surface area contributed by atoms with Crippen LogP contribution in [0.2, 0.25) is 5.02 Å². The number of carbonyl (C=O) groups is 1. The van der Waals surface area contributed by atoms with Crippen LogP contribution in [0.4, 0.5) is 20.2 Å². The molecule has 0 saturated carbocycles. The van der Waals surface area contributed by atoms with Gasteiger partial charge in [-0.3, -0.25) is 9.52 Å². The summed E-state index contributed by atoms with van der Waals surface area (Å²) in [6.07, 6.45) is 0.0875. The lowest BCUT2D eigenvalue weighted by Gasteiger charge is -2.10. The lowest BCUT2D eigenvalue weighted by molar-refractivity contribution is -0.115. The summed E-state index contributed by atoms with van der Waals surface area (Å²) in [6, 6.07) is 15.2. The predicted octanol–water partition coefficient (Wildman–Crippen LogP) is 4.60. The second-order valence-electron chi connectivity index (χ2n) is 6.08. The van der Waals surface area contributed by atoms with Gasteiger partial charge in [0.05, 0.1) is 11.3 Å². The van der Waals surface area contributed by atoms with Crippen LogP contribution in [0.15, 0.2) is 71.6 Å². The molecule has 0 aromatic heterocycles. The number of sulfonamides is 1. The topological polar surface area (TPSA) is 75.3 Å². The first-order chi connectivity index (χ1) is 13.7. The van der Waals surface area contributed by atoms with Gasteiger partial charge in [0.2, 0.25) is 5.91 Å². The number of halogens is 3. The molecule has 0 radical (unpaired) electrons. The van der Waals surface area contributed by atoms with Gasteiger partial charge in [0.15, 0.2) is 11.6 Å². The highest BCUT2D eigenvalue weighted by molar-refractivity contribution is 7.92. The summed E-state index contributed by atoms with van der Waals surface area (Å²) in [4.78, 5) is 11.7. The van der Waals surface area contributed by atoms with Crippen LogP contribution in [0.25, 0.3) is 0 Å². The molecule has 0 unspecified atom stereocenters. The van der Waals surface area contributed by atoms with Crippen molar-refractivity contribution in [2.75, 3.05) is 10.0 Å². The smallest absolute Gasteiger partial charge is 0.261 e. The van der Waals surface area contributed by atoms with Crippen LogP contribution in [0.3, 0.4) is 0 Å². The van der Waals surface area contributed by atoms with E-state index in [0.717, 1.165) is 12.1 Å². The van der Waals surface area contributed by atoms with Crippen LogP contribution >= 0.6 is 11.6 Å². The van der Waals surface area contributed by atoms with Crippen LogP contribution in [0.1, 0.15) is 5.56 Å².